The van der Waals surface area contributed by atoms with Crippen LogP contribution in [-0.4, -0.2) is 9.55 Å². The Labute approximate surface area is 110 Å². The van der Waals surface area contributed by atoms with E-state index in [1.165, 1.54) is 0 Å². The van der Waals surface area contributed by atoms with Crippen molar-refractivity contribution < 1.29 is 0 Å². The number of para-hydroxylation sites is 1. The van der Waals surface area contributed by atoms with E-state index in [9.17, 15) is 0 Å². The van der Waals surface area contributed by atoms with Crippen molar-refractivity contribution in [2.75, 3.05) is 0 Å². The number of aromatic nitrogens is 2. The average molecular weight is 255 g/mol. The summed E-state index contributed by atoms with van der Waals surface area (Å²) in [5.41, 5.74) is 3.34. The summed E-state index contributed by atoms with van der Waals surface area (Å²) in [4.78, 5) is 4.09. The van der Waals surface area contributed by atoms with Gasteiger partial charge in [0.25, 0.3) is 0 Å². The van der Waals surface area contributed by atoms with Crippen molar-refractivity contribution in [3.8, 4) is 16.8 Å². The van der Waals surface area contributed by atoms with Gasteiger partial charge in [0.1, 0.15) is 0 Å². The minimum Gasteiger partial charge on any atom is -0.306 e. The molecule has 0 atom stereocenters. The summed E-state index contributed by atoms with van der Waals surface area (Å²) in [6.45, 7) is 0. The van der Waals surface area contributed by atoms with Gasteiger partial charge in [-0.1, -0.05) is 41.9 Å². The molecule has 1 heterocycles. The van der Waals surface area contributed by atoms with Crippen molar-refractivity contribution in [3.05, 3.63) is 72.3 Å². The zero-order chi connectivity index (χ0) is 12.4. The molecule has 0 amide bonds. The number of nitrogens with zero attached hydrogens (tertiary/aromatic N) is 2. The van der Waals surface area contributed by atoms with Crippen molar-refractivity contribution in [2.24, 2.45) is 0 Å². The Kier molecular flexibility index (Phi) is 2.87. The molecule has 0 bridgehead atoms. The van der Waals surface area contributed by atoms with Gasteiger partial charge in [-0.15, -0.1) is 0 Å². The first kappa shape index (κ1) is 11.1. The lowest BCUT2D eigenvalue weighted by Gasteiger charge is -2.10. The van der Waals surface area contributed by atoms with Gasteiger partial charge in [-0.25, -0.2) is 4.98 Å². The molecule has 0 aliphatic rings. The largest absolute Gasteiger partial charge is 0.306 e. The maximum atomic E-state index is 6.05. The first-order chi connectivity index (χ1) is 8.84. The van der Waals surface area contributed by atoms with Gasteiger partial charge in [-0.3, -0.25) is 0 Å². The SMILES string of the molecule is Clc1cccc(-c2ccccc2-n2ccnc2)c1. The van der Waals surface area contributed by atoms with E-state index < -0.39 is 0 Å². The molecule has 1 aromatic heterocycles. The summed E-state index contributed by atoms with van der Waals surface area (Å²) < 4.78 is 2.00. The smallest absolute Gasteiger partial charge is 0.0991 e. The first-order valence-electron chi connectivity index (χ1n) is 5.68. The molecule has 0 spiro atoms. The second-order valence-corrected chi connectivity index (χ2v) is 4.43. The highest BCUT2D eigenvalue weighted by Gasteiger charge is 2.06. The maximum Gasteiger partial charge on any atom is 0.0991 e. The van der Waals surface area contributed by atoms with Crippen LogP contribution in [0.4, 0.5) is 0 Å². The van der Waals surface area contributed by atoms with Gasteiger partial charge in [-0.05, 0) is 23.8 Å². The van der Waals surface area contributed by atoms with Gasteiger partial charge in [0, 0.05) is 23.0 Å². The van der Waals surface area contributed by atoms with Gasteiger partial charge >= 0.3 is 0 Å². The van der Waals surface area contributed by atoms with Crippen molar-refractivity contribution in [3.63, 3.8) is 0 Å². The number of benzene rings is 2. The lowest BCUT2D eigenvalue weighted by atomic mass is 10.0. The number of hydrogen-bond acceptors (Lipinski definition) is 1. The Morgan fingerprint density at radius 2 is 1.89 bits per heavy atom. The van der Waals surface area contributed by atoms with Crippen LogP contribution in [0.25, 0.3) is 16.8 Å². The second-order valence-electron chi connectivity index (χ2n) is 4.00. The fourth-order valence-electron chi connectivity index (χ4n) is 2.00. The van der Waals surface area contributed by atoms with Gasteiger partial charge in [-0.2, -0.15) is 0 Å². The Balaban J connectivity index is 2.18. The van der Waals surface area contributed by atoms with E-state index in [0.717, 1.165) is 21.8 Å². The van der Waals surface area contributed by atoms with Crippen molar-refractivity contribution in [1.29, 1.82) is 0 Å². The highest BCUT2D eigenvalue weighted by atomic mass is 35.5. The average Bonchev–Trinajstić information content (AvgIpc) is 2.92. The van der Waals surface area contributed by atoms with Crippen LogP contribution in [0, 0.1) is 0 Å². The van der Waals surface area contributed by atoms with Crippen molar-refractivity contribution in [1.82, 2.24) is 9.55 Å². The molecular weight excluding hydrogens is 244 g/mol. The predicted octanol–water partition coefficient (Wildman–Crippen LogP) is 4.19. The molecule has 0 unspecified atom stereocenters. The van der Waals surface area contributed by atoms with E-state index in [0.29, 0.717) is 0 Å². The Bertz CT molecular complexity index is 660. The Morgan fingerprint density at radius 3 is 2.67 bits per heavy atom. The third kappa shape index (κ3) is 2.03. The Morgan fingerprint density at radius 1 is 1.00 bits per heavy atom. The van der Waals surface area contributed by atoms with Crippen LogP contribution in [-0.2, 0) is 0 Å². The van der Waals surface area contributed by atoms with Gasteiger partial charge in [0.2, 0.25) is 0 Å². The molecule has 2 nitrogen and oxygen atoms in total. The van der Waals surface area contributed by atoms with Crippen LogP contribution >= 0.6 is 11.6 Å². The predicted molar refractivity (Wildman–Crippen MR) is 74.0 cm³/mol. The first-order valence-corrected chi connectivity index (χ1v) is 6.06. The van der Waals surface area contributed by atoms with Crippen LogP contribution < -0.4 is 0 Å². The fourth-order valence-corrected chi connectivity index (χ4v) is 2.19. The lowest BCUT2D eigenvalue weighted by Crippen LogP contribution is -1.93. The molecule has 3 heteroatoms. The summed E-state index contributed by atoms with van der Waals surface area (Å²) in [6.07, 6.45) is 5.50. The summed E-state index contributed by atoms with van der Waals surface area (Å²) in [5.74, 6) is 0. The summed E-state index contributed by atoms with van der Waals surface area (Å²) in [6, 6.07) is 16.1. The van der Waals surface area contributed by atoms with E-state index in [2.05, 4.69) is 23.2 Å². The zero-order valence-electron chi connectivity index (χ0n) is 9.62. The summed E-state index contributed by atoms with van der Waals surface area (Å²) in [5, 5.41) is 0.743. The van der Waals surface area contributed by atoms with Crippen LogP contribution in [0.15, 0.2) is 67.3 Å². The highest BCUT2D eigenvalue weighted by molar-refractivity contribution is 6.30. The van der Waals surface area contributed by atoms with E-state index in [-0.39, 0.29) is 0 Å². The fraction of sp³-hybridized carbons (Fsp3) is 0. The topological polar surface area (TPSA) is 17.8 Å². The van der Waals surface area contributed by atoms with E-state index in [1.807, 2.05) is 41.1 Å². The quantitative estimate of drug-likeness (QED) is 0.670. The normalized spacial score (nSPS) is 10.5. The van der Waals surface area contributed by atoms with E-state index in [1.54, 1.807) is 12.5 Å². The van der Waals surface area contributed by atoms with Crippen LogP contribution in [0.1, 0.15) is 0 Å². The highest BCUT2D eigenvalue weighted by Crippen LogP contribution is 2.28. The molecule has 88 valence electrons. The molecule has 0 radical (unpaired) electrons. The summed E-state index contributed by atoms with van der Waals surface area (Å²) in [7, 11) is 0. The molecule has 0 fully saturated rings. The monoisotopic (exact) mass is 254 g/mol. The second kappa shape index (κ2) is 4.67. The molecule has 0 saturated carbocycles. The van der Waals surface area contributed by atoms with Crippen molar-refractivity contribution >= 4 is 11.6 Å². The summed E-state index contributed by atoms with van der Waals surface area (Å²) >= 11 is 6.05. The molecular formula is C15H11ClN2. The number of imidazole rings is 1. The van der Waals surface area contributed by atoms with E-state index in [4.69, 9.17) is 11.6 Å². The van der Waals surface area contributed by atoms with Crippen LogP contribution in [0.3, 0.4) is 0 Å². The van der Waals surface area contributed by atoms with Crippen LogP contribution in [0.5, 0.6) is 0 Å². The van der Waals surface area contributed by atoms with E-state index >= 15 is 0 Å². The Hall–Kier alpha value is -2.06. The maximum absolute atomic E-state index is 6.05. The van der Waals surface area contributed by atoms with Gasteiger partial charge in [0.15, 0.2) is 0 Å². The number of halogens is 1. The van der Waals surface area contributed by atoms with Gasteiger partial charge in [0.05, 0.1) is 12.0 Å². The minimum atomic E-state index is 0.743. The molecule has 2 aromatic carbocycles. The minimum absolute atomic E-state index is 0.743. The molecule has 0 saturated heterocycles. The van der Waals surface area contributed by atoms with Crippen LogP contribution in [0.2, 0.25) is 5.02 Å². The molecule has 0 aliphatic heterocycles. The molecule has 0 N–H and O–H groups in total. The lowest BCUT2D eigenvalue weighted by molar-refractivity contribution is 1.06. The third-order valence-electron chi connectivity index (χ3n) is 2.82. The third-order valence-corrected chi connectivity index (χ3v) is 3.06. The van der Waals surface area contributed by atoms with Gasteiger partial charge < -0.3 is 4.57 Å². The standard InChI is InChI=1S/C15H11ClN2/c16-13-5-3-4-12(10-13)14-6-1-2-7-15(14)18-9-8-17-11-18/h1-11H. The number of rotatable bonds is 2. The molecule has 3 aromatic rings. The van der Waals surface area contributed by atoms with Crippen molar-refractivity contribution in [2.45, 2.75) is 0 Å². The molecule has 0 aliphatic carbocycles. The zero-order valence-corrected chi connectivity index (χ0v) is 10.4. The number of hydrogen-bond donors (Lipinski definition) is 0. The molecule has 18 heavy (non-hydrogen) atoms. The molecule has 3 rings (SSSR count).